The number of thiazole rings is 1. The Labute approximate surface area is 145 Å². The maximum Gasteiger partial charge on any atom is 0.251 e. The Morgan fingerprint density at radius 1 is 1.33 bits per heavy atom. The molecule has 1 atom stereocenters. The molecule has 6 heteroatoms. The van der Waals surface area contributed by atoms with Gasteiger partial charge in [0.25, 0.3) is 5.91 Å². The molecular weight excluding hydrogens is 320 g/mol. The smallest absolute Gasteiger partial charge is 0.251 e. The molecule has 124 valence electrons. The molecule has 0 fully saturated rings. The first kappa shape index (κ1) is 16.4. The molecule has 0 bridgehead atoms. The number of nitrogens with one attached hydrogen (secondary N) is 1. The van der Waals surface area contributed by atoms with E-state index in [1.54, 1.807) is 16.0 Å². The number of carbonyl (C=O) groups excluding carboxylic acids is 1. The Balaban J connectivity index is 1.79. The van der Waals surface area contributed by atoms with Crippen LogP contribution in [0.15, 0.2) is 35.8 Å². The Kier molecular flexibility index (Phi) is 4.49. The quantitative estimate of drug-likeness (QED) is 0.788. The molecule has 0 aliphatic carbocycles. The minimum Gasteiger partial charge on any atom is -0.345 e. The monoisotopic (exact) mass is 340 g/mol. The van der Waals surface area contributed by atoms with Gasteiger partial charge in [-0.15, -0.1) is 11.3 Å². The molecule has 0 radical (unpaired) electrons. The van der Waals surface area contributed by atoms with Gasteiger partial charge in [0.1, 0.15) is 5.01 Å². The van der Waals surface area contributed by atoms with E-state index in [2.05, 4.69) is 15.4 Å². The van der Waals surface area contributed by atoms with Gasteiger partial charge in [0.2, 0.25) is 0 Å². The van der Waals surface area contributed by atoms with Crippen molar-refractivity contribution in [2.45, 2.75) is 26.8 Å². The second-order valence-electron chi connectivity index (χ2n) is 5.91. The molecule has 0 spiro atoms. The number of nitrogens with zero attached hydrogens (tertiary/aromatic N) is 3. The lowest BCUT2D eigenvalue weighted by molar-refractivity contribution is 0.0940. The molecular formula is C18H20N4OS. The van der Waals surface area contributed by atoms with Gasteiger partial charge in [-0.2, -0.15) is 5.10 Å². The van der Waals surface area contributed by atoms with Crippen LogP contribution in [-0.4, -0.2) is 20.7 Å². The van der Waals surface area contributed by atoms with Crippen molar-refractivity contribution in [1.29, 1.82) is 0 Å². The van der Waals surface area contributed by atoms with Gasteiger partial charge in [0.05, 0.1) is 11.7 Å². The van der Waals surface area contributed by atoms with Crippen LogP contribution in [0.1, 0.15) is 40.3 Å². The zero-order valence-electron chi connectivity index (χ0n) is 14.2. The number of hydrogen-bond donors (Lipinski definition) is 1. The van der Waals surface area contributed by atoms with Crippen molar-refractivity contribution in [3.05, 3.63) is 58.4 Å². The largest absolute Gasteiger partial charge is 0.345 e. The van der Waals surface area contributed by atoms with Crippen molar-refractivity contribution >= 4 is 17.2 Å². The Hall–Kier alpha value is -2.47. The maximum atomic E-state index is 12.6. The molecule has 0 saturated heterocycles. The van der Waals surface area contributed by atoms with Gasteiger partial charge in [-0.05, 0) is 32.9 Å². The van der Waals surface area contributed by atoms with Crippen molar-refractivity contribution in [1.82, 2.24) is 20.1 Å². The predicted molar refractivity (Wildman–Crippen MR) is 96.1 cm³/mol. The van der Waals surface area contributed by atoms with Crippen LogP contribution in [0.25, 0.3) is 10.6 Å². The van der Waals surface area contributed by atoms with Crippen molar-refractivity contribution in [2.75, 3.05) is 0 Å². The van der Waals surface area contributed by atoms with E-state index in [1.165, 1.54) is 0 Å². The standard InChI is InChI=1S/C18H20N4OS/c1-11-10-24-18(19-11)15-7-5-6-14(8-15)17(23)20-12(2)16-9-22(4)21-13(16)3/h5-10,12H,1-4H3,(H,20,23)/t12-/m0/s1. The summed E-state index contributed by atoms with van der Waals surface area (Å²) in [7, 11) is 1.88. The highest BCUT2D eigenvalue weighted by Gasteiger charge is 2.16. The van der Waals surface area contributed by atoms with Crippen LogP contribution in [0.5, 0.6) is 0 Å². The molecule has 0 saturated carbocycles. The zero-order chi connectivity index (χ0) is 17.3. The van der Waals surface area contributed by atoms with Crippen LogP contribution in [0.4, 0.5) is 0 Å². The van der Waals surface area contributed by atoms with E-state index in [-0.39, 0.29) is 11.9 Å². The zero-order valence-corrected chi connectivity index (χ0v) is 15.0. The second-order valence-corrected chi connectivity index (χ2v) is 6.77. The number of rotatable bonds is 4. The molecule has 0 unspecified atom stereocenters. The Morgan fingerprint density at radius 2 is 2.12 bits per heavy atom. The summed E-state index contributed by atoms with van der Waals surface area (Å²) in [6.07, 6.45) is 1.94. The van der Waals surface area contributed by atoms with Crippen LogP contribution >= 0.6 is 11.3 Å². The molecule has 0 aliphatic rings. The number of carbonyl (C=O) groups is 1. The lowest BCUT2D eigenvalue weighted by Crippen LogP contribution is -2.26. The normalized spacial score (nSPS) is 12.2. The first-order chi connectivity index (χ1) is 11.4. The number of benzene rings is 1. The van der Waals surface area contributed by atoms with Crippen LogP contribution in [0.3, 0.4) is 0 Å². The number of aryl methyl sites for hydroxylation is 3. The summed E-state index contributed by atoms with van der Waals surface area (Å²) < 4.78 is 1.76. The summed E-state index contributed by atoms with van der Waals surface area (Å²) in [6.45, 7) is 5.88. The predicted octanol–water partition coefficient (Wildman–Crippen LogP) is 3.65. The maximum absolute atomic E-state index is 12.6. The summed E-state index contributed by atoms with van der Waals surface area (Å²) in [5.41, 5.74) is 4.54. The number of hydrogen-bond acceptors (Lipinski definition) is 4. The van der Waals surface area contributed by atoms with Crippen molar-refractivity contribution in [2.24, 2.45) is 7.05 Å². The highest BCUT2D eigenvalue weighted by Crippen LogP contribution is 2.24. The fourth-order valence-corrected chi connectivity index (χ4v) is 3.48. The average molecular weight is 340 g/mol. The molecule has 3 aromatic rings. The van der Waals surface area contributed by atoms with Gasteiger partial charge in [-0.1, -0.05) is 12.1 Å². The molecule has 1 aromatic carbocycles. The van der Waals surface area contributed by atoms with E-state index in [0.29, 0.717) is 5.56 Å². The van der Waals surface area contributed by atoms with Gasteiger partial charge in [0, 0.05) is 41.0 Å². The SMILES string of the molecule is Cc1csc(-c2cccc(C(=O)N[C@@H](C)c3cn(C)nc3C)c2)n1. The minimum atomic E-state index is -0.100. The first-order valence-corrected chi connectivity index (χ1v) is 8.65. The number of aromatic nitrogens is 3. The molecule has 2 heterocycles. The third kappa shape index (κ3) is 3.38. The molecule has 2 aromatic heterocycles. The summed E-state index contributed by atoms with van der Waals surface area (Å²) >= 11 is 1.58. The van der Waals surface area contributed by atoms with Gasteiger partial charge in [-0.3, -0.25) is 9.48 Å². The van der Waals surface area contributed by atoms with Crippen molar-refractivity contribution in [3.63, 3.8) is 0 Å². The Bertz CT molecular complexity index is 881. The summed E-state index contributed by atoms with van der Waals surface area (Å²) in [5, 5.41) is 10.3. The van der Waals surface area contributed by atoms with E-state index in [1.807, 2.05) is 63.7 Å². The minimum absolute atomic E-state index is 0.0964. The fourth-order valence-electron chi connectivity index (χ4n) is 2.68. The van der Waals surface area contributed by atoms with E-state index in [9.17, 15) is 4.79 Å². The summed E-state index contributed by atoms with van der Waals surface area (Å²) in [4.78, 5) is 17.1. The van der Waals surface area contributed by atoms with Crippen LogP contribution in [-0.2, 0) is 7.05 Å². The highest BCUT2D eigenvalue weighted by molar-refractivity contribution is 7.13. The van der Waals surface area contributed by atoms with Gasteiger partial charge in [-0.25, -0.2) is 4.98 Å². The first-order valence-electron chi connectivity index (χ1n) is 7.77. The van der Waals surface area contributed by atoms with Gasteiger partial charge < -0.3 is 5.32 Å². The van der Waals surface area contributed by atoms with Gasteiger partial charge >= 0.3 is 0 Å². The highest BCUT2D eigenvalue weighted by atomic mass is 32.1. The molecule has 5 nitrogen and oxygen atoms in total. The Morgan fingerprint density at radius 3 is 2.75 bits per heavy atom. The second kappa shape index (κ2) is 6.57. The fraction of sp³-hybridized carbons (Fsp3) is 0.278. The third-order valence-corrected chi connectivity index (χ3v) is 4.87. The summed E-state index contributed by atoms with van der Waals surface area (Å²) in [6, 6.07) is 7.47. The van der Waals surface area contributed by atoms with Crippen LogP contribution in [0.2, 0.25) is 0 Å². The lowest BCUT2D eigenvalue weighted by atomic mass is 10.1. The van der Waals surface area contributed by atoms with E-state index >= 15 is 0 Å². The summed E-state index contributed by atoms with van der Waals surface area (Å²) in [5.74, 6) is -0.0964. The number of amides is 1. The van der Waals surface area contributed by atoms with Crippen molar-refractivity contribution in [3.8, 4) is 10.6 Å². The van der Waals surface area contributed by atoms with Crippen LogP contribution in [0, 0.1) is 13.8 Å². The molecule has 24 heavy (non-hydrogen) atoms. The molecule has 0 aliphatic heterocycles. The van der Waals surface area contributed by atoms with Gasteiger partial charge in [0.15, 0.2) is 0 Å². The van der Waals surface area contributed by atoms with Crippen molar-refractivity contribution < 1.29 is 4.79 Å². The topological polar surface area (TPSA) is 59.8 Å². The van der Waals surface area contributed by atoms with E-state index in [0.717, 1.165) is 27.5 Å². The van der Waals surface area contributed by atoms with E-state index in [4.69, 9.17) is 0 Å². The molecule has 1 N–H and O–H groups in total. The average Bonchev–Trinajstić information content (AvgIpc) is 3.12. The third-order valence-electron chi connectivity index (χ3n) is 3.86. The van der Waals surface area contributed by atoms with E-state index < -0.39 is 0 Å². The molecule has 1 amide bonds. The molecule has 3 rings (SSSR count). The lowest BCUT2D eigenvalue weighted by Gasteiger charge is -2.13. The van der Waals surface area contributed by atoms with Crippen LogP contribution < -0.4 is 5.32 Å².